The van der Waals surface area contributed by atoms with E-state index in [-0.39, 0.29) is 18.1 Å². The van der Waals surface area contributed by atoms with Crippen LogP contribution in [0, 0.1) is 5.82 Å². The first kappa shape index (κ1) is 35.2. The Hall–Kier alpha value is -4.01. The van der Waals surface area contributed by atoms with Crippen molar-refractivity contribution in [1.29, 1.82) is 0 Å². The number of hydrogen-bond donors (Lipinski definition) is 4. The van der Waals surface area contributed by atoms with Crippen molar-refractivity contribution in [3.8, 4) is 0 Å². The van der Waals surface area contributed by atoms with Crippen LogP contribution in [0.1, 0.15) is 84.3 Å². The molecule has 43 heavy (non-hydrogen) atoms. The molecule has 1 aliphatic rings. The van der Waals surface area contributed by atoms with E-state index in [1.807, 2.05) is 76.3 Å². The molecule has 2 aromatic carbocycles. The lowest BCUT2D eigenvalue weighted by Crippen LogP contribution is -2.26. The molecular formula is C35H48FN5O2. The highest BCUT2D eigenvalue weighted by molar-refractivity contribution is 6.03. The summed E-state index contributed by atoms with van der Waals surface area (Å²) in [5.74, 6) is -0.255. The van der Waals surface area contributed by atoms with Gasteiger partial charge in [-0.05, 0) is 106 Å². The minimum atomic E-state index is -0.567. The molecule has 0 bridgehead atoms. The van der Waals surface area contributed by atoms with Crippen LogP contribution in [0.2, 0.25) is 0 Å². The first-order valence-electron chi connectivity index (χ1n) is 15.0. The highest BCUT2D eigenvalue weighted by atomic mass is 19.1. The number of hydrogen-bond acceptors (Lipinski definition) is 4. The van der Waals surface area contributed by atoms with Crippen LogP contribution in [0.15, 0.2) is 61.3 Å². The molecule has 3 aromatic rings. The molecule has 1 fully saturated rings. The second-order valence-corrected chi connectivity index (χ2v) is 10.5. The van der Waals surface area contributed by atoms with Gasteiger partial charge >= 0.3 is 0 Å². The average Bonchev–Trinajstić information content (AvgIpc) is 3.39. The Kier molecular flexibility index (Phi) is 15.1. The summed E-state index contributed by atoms with van der Waals surface area (Å²) in [5, 5.41) is 6.16. The minimum absolute atomic E-state index is 0.141. The Morgan fingerprint density at radius 1 is 1.12 bits per heavy atom. The number of aromatic nitrogens is 1. The van der Waals surface area contributed by atoms with Gasteiger partial charge in [-0.15, -0.1) is 0 Å². The van der Waals surface area contributed by atoms with Crippen LogP contribution in [0.5, 0.6) is 0 Å². The third-order valence-electron chi connectivity index (χ3n) is 7.00. The molecule has 232 valence electrons. The van der Waals surface area contributed by atoms with Crippen molar-refractivity contribution in [2.45, 2.75) is 58.9 Å². The fourth-order valence-electron chi connectivity index (χ4n) is 4.97. The zero-order valence-corrected chi connectivity index (χ0v) is 26.3. The van der Waals surface area contributed by atoms with E-state index in [0.29, 0.717) is 30.1 Å². The third-order valence-corrected chi connectivity index (χ3v) is 7.00. The van der Waals surface area contributed by atoms with E-state index in [9.17, 15) is 14.0 Å². The fraction of sp³-hybridized carbons (Fsp3) is 0.371. The number of carbonyl (C=O) groups excluding carboxylic acids is 2. The molecule has 2 amide bonds. The molecule has 0 radical (unpaired) electrons. The Labute approximate surface area is 256 Å². The summed E-state index contributed by atoms with van der Waals surface area (Å²) < 4.78 is 12.6. The zero-order valence-electron chi connectivity index (χ0n) is 26.3. The predicted octanol–water partition coefficient (Wildman–Crippen LogP) is 6.74. The summed E-state index contributed by atoms with van der Waals surface area (Å²) in [7, 11) is 3.91. The SMILES string of the molecule is C=Cc1c(CCC(=O)Nc2cc(CN(C)C)ccc2C(N)=O)c[nH]c1/C=C\C.CC.Fc1ccc(C2CCNCC2)cc1. The first-order chi connectivity index (χ1) is 20.7. The van der Waals surface area contributed by atoms with Crippen LogP contribution in [0.4, 0.5) is 10.1 Å². The lowest BCUT2D eigenvalue weighted by atomic mass is 9.90. The monoisotopic (exact) mass is 589 g/mol. The van der Waals surface area contributed by atoms with Crippen LogP contribution in [0.3, 0.4) is 0 Å². The highest BCUT2D eigenvalue weighted by Gasteiger charge is 2.15. The predicted molar refractivity (Wildman–Crippen MR) is 177 cm³/mol. The van der Waals surface area contributed by atoms with Crippen molar-refractivity contribution < 1.29 is 14.0 Å². The third kappa shape index (κ3) is 11.3. The van der Waals surface area contributed by atoms with Gasteiger partial charge in [0.2, 0.25) is 5.91 Å². The number of halogens is 1. The molecule has 2 heterocycles. The smallest absolute Gasteiger partial charge is 0.250 e. The summed E-state index contributed by atoms with van der Waals surface area (Å²) in [4.78, 5) is 29.4. The van der Waals surface area contributed by atoms with Crippen molar-refractivity contribution in [3.05, 3.63) is 101 Å². The van der Waals surface area contributed by atoms with Gasteiger partial charge in [0, 0.05) is 30.4 Å². The summed E-state index contributed by atoms with van der Waals surface area (Å²) in [6.45, 7) is 12.7. The maximum atomic E-state index is 12.6. The number of nitrogens with one attached hydrogen (secondary N) is 3. The van der Waals surface area contributed by atoms with Crippen LogP contribution in [-0.4, -0.2) is 48.9 Å². The van der Waals surface area contributed by atoms with Crippen molar-refractivity contribution in [2.24, 2.45) is 5.73 Å². The lowest BCUT2D eigenvalue weighted by molar-refractivity contribution is -0.116. The van der Waals surface area contributed by atoms with Gasteiger partial charge in [0.25, 0.3) is 5.91 Å². The Morgan fingerprint density at radius 2 is 1.79 bits per heavy atom. The number of nitrogens with zero attached hydrogens (tertiary/aromatic N) is 1. The van der Waals surface area contributed by atoms with Gasteiger partial charge < -0.3 is 26.3 Å². The number of H-pyrrole nitrogens is 1. The lowest BCUT2D eigenvalue weighted by Gasteiger charge is -2.22. The maximum Gasteiger partial charge on any atom is 0.250 e. The topological polar surface area (TPSA) is 103 Å². The number of aromatic amines is 1. The van der Waals surface area contributed by atoms with Crippen molar-refractivity contribution in [1.82, 2.24) is 15.2 Å². The van der Waals surface area contributed by atoms with Crippen LogP contribution in [-0.2, 0) is 17.8 Å². The standard InChI is InChI=1S/C22H28N4O2.C11H14FN.C2H6/c1-5-7-19-17(6-2)16(13-24-19)9-11-21(27)25-20-12-15(14-26(3)4)8-10-18(20)22(23)28;12-11-3-1-9(2-4-11)10-5-7-13-8-6-10;1-2/h5-8,10,12-13,24H,2,9,11,14H2,1,3-4H3,(H2,23,28)(H,25,27);1-4,10,13H,5-8H2;1-2H3/b7-5-;;. The number of aryl methyl sites for hydroxylation is 1. The summed E-state index contributed by atoms with van der Waals surface area (Å²) >= 11 is 0. The molecule has 1 aliphatic heterocycles. The van der Waals surface area contributed by atoms with Gasteiger partial charge in [-0.25, -0.2) is 4.39 Å². The largest absolute Gasteiger partial charge is 0.366 e. The van der Waals surface area contributed by atoms with E-state index < -0.39 is 5.91 Å². The fourth-order valence-corrected chi connectivity index (χ4v) is 4.97. The van der Waals surface area contributed by atoms with Gasteiger partial charge in [0.05, 0.1) is 11.3 Å². The van der Waals surface area contributed by atoms with E-state index >= 15 is 0 Å². The van der Waals surface area contributed by atoms with E-state index in [2.05, 4.69) is 22.2 Å². The number of carbonyl (C=O) groups is 2. The highest BCUT2D eigenvalue weighted by Crippen LogP contribution is 2.25. The van der Waals surface area contributed by atoms with Gasteiger partial charge in [-0.2, -0.15) is 0 Å². The summed E-state index contributed by atoms with van der Waals surface area (Å²) in [5.41, 5.74) is 11.5. The Balaban J connectivity index is 0.000000356. The van der Waals surface area contributed by atoms with Gasteiger partial charge in [0.15, 0.2) is 0 Å². The van der Waals surface area contributed by atoms with Crippen LogP contribution in [0.25, 0.3) is 12.2 Å². The number of allylic oxidation sites excluding steroid dienone is 1. The maximum absolute atomic E-state index is 12.6. The molecule has 4 rings (SSSR count). The number of piperidine rings is 1. The molecule has 7 nitrogen and oxygen atoms in total. The van der Waals surface area contributed by atoms with E-state index in [1.54, 1.807) is 30.3 Å². The normalized spacial score (nSPS) is 13.1. The average molecular weight is 590 g/mol. The number of rotatable bonds is 10. The second-order valence-electron chi connectivity index (χ2n) is 10.5. The second kappa shape index (κ2) is 18.5. The molecule has 1 aromatic heterocycles. The van der Waals surface area contributed by atoms with Crippen LogP contribution >= 0.6 is 0 Å². The van der Waals surface area contributed by atoms with Gasteiger partial charge in [-0.3, -0.25) is 9.59 Å². The Morgan fingerprint density at radius 3 is 2.37 bits per heavy atom. The van der Waals surface area contributed by atoms with E-state index in [0.717, 1.165) is 35.5 Å². The number of nitrogens with two attached hydrogens (primary N) is 1. The Bertz CT molecular complexity index is 1340. The molecule has 0 spiro atoms. The summed E-state index contributed by atoms with van der Waals surface area (Å²) in [6.07, 6.45) is 10.8. The molecule has 8 heteroatoms. The van der Waals surface area contributed by atoms with Crippen molar-refractivity contribution in [3.63, 3.8) is 0 Å². The molecule has 0 unspecified atom stereocenters. The van der Waals surface area contributed by atoms with Gasteiger partial charge in [0.1, 0.15) is 5.82 Å². The first-order valence-corrected chi connectivity index (χ1v) is 15.0. The molecule has 0 saturated carbocycles. The zero-order chi connectivity index (χ0) is 31.8. The number of amides is 2. The van der Waals surface area contributed by atoms with Crippen LogP contribution < -0.4 is 16.4 Å². The molecule has 0 aliphatic carbocycles. The van der Waals surface area contributed by atoms with E-state index in [4.69, 9.17) is 5.73 Å². The van der Waals surface area contributed by atoms with Crippen molar-refractivity contribution >= 4 is 29.7 Å². The molecule has 0 atom stereocenters. The van der Waals surface area contributed by atoms with Crippen molar-refractivity contribution in [2.75, 3.05) is 32.5 Å². The van der Waals surface area contributed by atoms with Gasteiger partial charge in [-0.1, -0.05) is 50.8 Å². The molecule has 5 N–H and O–H groups in total. The minimum Gasteiger partial charge on any atom is -0.366 e. The molecule has 1 saturated heterocycles. The van der Waals surface area contributed by atoms with E-state index in [1.165, 1.54) is 18.4 Å². The quantitative estimate of drug-likeness (QED) is 0.210. The number of primary amides is 1. The number of benzene rings is 2. The molecular weight excluding hydrogens is 541 g/mol. The summed E-state index contributed by atoms with van der Waals surface area (Å²) in [6, 6.07) is 12.2. The number of anilines is 1.